The summed E-state index contributed by atoms with van der Waals surface area (Å²) < 4.78 is 6.20. The van der Waals surface area contributed by atoms with Gasteiger partial charge in [0.05, 0.1) is 5.56 Å². The lowest BCUT2D eigenvalue weighted by atomic mass is 9.51. The van der Waals surface area contributed by atoms with Gasteiger partial charge in [-0.2, -0.15) is 10.5 Å². The lowest BCUT2D eigenvalue weighted by Crippen LogP contribution is -2.44. The van der Waals surface area contributed by atoms with Crippen molar-refractivity contribution in [1.29, 1.82) is 10.5 Å². The second-order valence-electron chi connectivity index (χ2n) is 9.64. The van der Waals surface area contributed by atoms with Crippen LogP contribution in [0.25, 0.3) is 11.1 Å². The Kier molecular flexibility index (Phi) is 6.64. The van der Waals surface area contributed by atoms with Crippen molar-refractivity contribution < 1.29 is 9.53 Å². The van der Waals surface area contributed by atoms with Crippen molar-refractivity contribution in [3.05, 3.63) is 51.5 Å². The molecule has 0 aliphatic heterocycles. The maximum Gasteiger partial charge on any atom is 0.310 e. The van der Waals surface area contributed by atoms with Crippen molar-refractivity contribution in [1.82, 2.24) is 0 Å². The van der Waals surface area contributed by atoms with Crippen molar-refractivity contribution in [2.75, 3.05) is 0 Å². The standard InChI is InChI=1S/C28H29BrN2O2/c1-3-9-27-10-13-28(14-11-27,15-12-27)19-5-6-21(24(29)16-19)20-7-8-25(33-26(32)4-2)23(18-31)22(20)17-30/h5-8,16H,3-4,9-15H2,1-2H3. The molecule has 2 bridgehead atoms. The number of ether oxygens (including phenoxy) is 1. The van der Waals surface area contributed by atoms with Crippen LogP contribution in [0.2, 0.25) is 0 Å². The number of benzene rings is 2. The van der Waals surface area contributed by atoms with Gasteiger partial charge in [0.15, 0.2) is 0 Å². The quantitative estimate of drug-likeness (QED) is 0.300. The van der Waals surface area contributed by atoms with Crippen LogP contribution in [0.5, 0.6) is 5.75 Å². The maximum atomic E-state index is 11.7. The molecule has 170 valence electrons. The second-order valence-corrected chi connectivity index (χ2v) is 10.5. The summed E-state index contributed by atoms with van der Waals surface area (Å²) in [5, 5.41) is 19.5. The molecule has 0 aromatic heterocycles. The first-order valence-corrected chi connectivity index (χ1v) is 12.7. The van der Waals surface area contributed by atoms with Crippen molar-refractivity contribution >= 4 is 21.9 Å². The first kappa shape index (κ1) is 23.5. The highest BCUT2D eigenvalue weighted by atomic mass is 79.9. The van der Waals surface area contributed by atoms with Crippen molar-refractivity contribution in [3.63, 3.8) is 0 Å². The number of fused-ring (bicyclic) bond motifs is 3. The average molecular weight is 505 g/mol. The number of halogens is 1. The van der Waals surface area contributed by atoms with Gasteiger partial charge in [-0.25, -0.2) is 0 Å². The smallest absolute Gasteiger partial charge is 0.310 e. The number of hydrogen-bond donors (Lipinski definition) is 0. The Hall–Kier alpha value is -2.63. The van der Waals surface area contributed by atoms with Gasteiger partial charge in [-0.3, -0.25) is 4.79 Å². The summed E-state index contributed by atoms with van der Waals surface area (Å²) in [5.74, 6) is -0.299. The molecule has 0 spiro atoms. The van der Waals surface area contributed by atoms with Crippen LogP contribution in [0.4, 0.5) is 0 Å². The fourth-order valence-electron chi connectivity index (χ4n) is 5.98. The fourth-order valence-corrected chi connectivity index (χ4v) is 6.57. The topological polar surface area (TPSA) is 73.9 Å². The molecule has 0 N–H and O–H groups in total. The van der Waals surface area contributed by atoms with E-state index in [1.54, 1.807) is 19.1 Å². The number of hydrogen-bond acceptors (Lipinski definition) is 4. The van der Waals surface area contributed by atoms with Gasteiger partial charge in [0.25, 0.3) is 0 Å². The predicted molar refractivity (Wildman–Crippen MR) is 132 cm³/mol. The van der Waals surface area contributed by atoms with Gasteiger partial charge in [0, 0.05) is 16.5 Å². The van der Waals surface area contributed by atoms with Crippen LogP contribution in [-0.2, 0) is 10.2 Å². The Bertz CT molecular complexity index is 1150. The van der Waals surface area contributed by atoms with Crippen LogP contribution in [0.3, 0.4) is 0 Å². The van der Waals surface area contributed by atoms with E-state index in [0.29, 0.717) is 11.0 Å². The zero-order chi connectivity index (χ0) is 23.6. The number of rotatable bonds is 6. The third-order valence-corrected chi connectivity index (χ3v) is 8.61. The van der Waals surface area contributed by atoms with Crippen molar-refractivity contribution in [3.8, 4) is 29.0 Å². The summed E-state index contributed by atoms with van der Waals surface area (Å²) in [6.45, 7) is 3.99. The molecule has 2 aromatic rings. The largest absolute Gasteiger partial charge is 0.425 e. The maximum absolute atomic E-state index is 11.7. The van der Waals surface area contributed by atoms with Crippen LogP contribution in [0.1, 0.15) is 88.3 Å². The molecule has 0 heterocycles. The summed E-state index contributed by atoms with van der Waals surface area (Å²) in [5.41, 5.74) is 4.05. The van der Waals surface area contributed by atoms with Gasteiger partial charge in [0.2, 0.25) is 0 Å². The van der Waals surface area contributed by atoms with Gasteiger partial charge in [0.1, 0.15) is 23.5 Å². The summed E-state index contributed by atoms with van der Waals surface area (Å²) in [7, 11) is 0. The van der Waals surface area contributed by atoms with Crippen LogP contribution < -0.4 is 4.74 Å². The Balaban J connectivity index is 1.68. The number of nitrogens with zero attached hydrogens (tertiary/aromatic N) is 2. The first-order chi connectivity index (χ1) is 15.9. The minimum absolute atomic E-state index is 0.0956. The summed E-state index contributed by atoms with van der Waals surface area (Å²) in [6, 6.07) is 14.1. The van der Waals surface area contributed by atoms with E-state index in [1.807, 2.05) is 0 Å². The normalized spacial score (nSPS) is 23.5. The number of nitriles is 2. The molecule has 3 fully saturated rings. The molecule has 5 heteroatoms. The molecule has 33 heavy (non-hydrogen) atoms. The van der Waals surface area contributed by atoms with Gasteiger partial charge >= 0.3 is 5.97 Å². The predicted octanol–water partition coefficient (Wildman–Crippen LogP) is 7.57. The molecule has 2 aromatic carbocycles. The molecular formula is C28H29BrN2O2. The molecule has 0 atom stereocenters. The highest BCUT2D eigenvalue weighted by Crippen LogP contribution is 2.59. The van der Waals surface area contributed by atoms with Crippen LogP contribution >= 0.6 is 15.9 Å². The van der Waals surface area contributed by atoms with Gasteiger partial charge in [-0.1, -0.05) is 48.3 Å². The molecule has 0 radical (unpaired) electrons. The van der Waals surface area contributed by atoms with E-state index in [4.69, 9.17) is 4.74 Å². The lowest BCUT2D eigenvalue weighted by molar-refractivity contribution is -0.134. The van der Waals surface area contributed by atoms with Crippen LogP contribution in [0, 0.1) is 28.1 Å². The molecule has 3 saturated carbocycles. The zero-order valence-corrected chi connectivity index (χ0v) is 20.9. The van der Waals surface area contributed by atoms with Gasteiger partial charge in [-0.15, -0.1) is 0 Å². The summed E-state index contributed by atoms with van der Waals surface area (Å²) in [6.07, 6.45) is 10.5. The van der Waals surface area contributed by atoms with E-state index < -0.39 is 5.97 Å². The van der Waals surface area contributed by atoms with E-state index in [-0.39, 0.29) is 28.7 Å². The third-order valence-electron chi connectivity index (χ3n) is 7.96. The van der Waals surface area contributed by atoms with E-state index in [2.05, 4.69) is 53.2 Å². The van der Waals surface area contributed by atoms with E-state index in [9.17, 15) is 15.3 Å². The Morgan fingerprint density at radius 1 is 0.970 bits per heavy atom. The molecule has 0 unspecified atom stereocenters. The van der Waals surface area contributed by atoms with Crippen LogP contribution in [0.15, 0.2) is 34.8 Å². The minimum atomic E-state index is -0.434. The molecule has 3 aliphatic carbocycles. The van der Waals surface area contributed by atoms with E-state index in [1.165, 1.54) is 56.9 Å². The molecular weight excluding hydrogens is 476 g/mol. The molecule has 3 aliphatic rings. The SMILES string of the molecule is CCCC12CCC(c3ccc(-c4ccc(OC(=O)CC)c(C#N)c4C#N)c(Br)c3)(CC1)CC2. The Morgan fingerprint density at radius 3 is 2.15 bits per heavy atom. The molecule has 0 saturated heterocycles. The minimum Gasteiger partial charge on any atom is -0.425 e. The van der Waals surface area contributed by atoms with Crippen molar-refractivity contribution in [2.24, 2.45) is 5.41 Å². The highest BCUT2D eigenvalue weighted by Gasteiger charge is 2.48. The second kappa shape index (κ2) is 9.32. The number of esters is 1. The van der Waals surface area contributed by atoms with Gasteiger partial charge < -0.3 is 4.74 Å². The van der Waals surface area contributed by atoms with E-state index in [0.717, 1.165) is 10.0 Å². The summed E-state index contributed by atoms with van der Waals surface area (Å²) >= 11 is 3.75. The lowest BCUT2D eigenvalue weighted by Gasteiger charge is -2.54. The monoisotopic (exact) mass is 504 g/mol. The van der Waals surface area contributed by atoms with Crippen LogP contribution in [-0.4, -0.2) is 5.97 Å². The number of carbonyl (C=O) groups is 1. The molecule has 5 rings (SSSR count). The van der Waals surface area contributed by atoms with Crippen molar-refractivity contribution in [2.45, 2.75) is 77.0 Å². The van der Waals surface area contributed by atoms with Gasteiger partial charge in [-0.05, 0) is 85.1 Å². The summed E-state index contributed by atoms with van der Waals surface area (Å²) in [4.78, 5) is 11.7. The Morgan fingerprint density at radius 2 is 1.61 bits per heavy atom. The average Bonchev–Trinajstić information content (AvgIpc) is 2.84. The Labute approximate surface area is 204 Å². The molecule has 0 amide bonds. The first-order valence-electron chi connectivity index (χ1n) is 11.9. The highest BCUT2D eigenvalue weighted by molar-refractivity contribution is 9.10. The number of carbonyl (C=O) groups excluding carboxylic acids is 1. The third kappa shape index (κ3) is 4.20. The van der Waals surface area contributed by atoms with E-state index >= 15 is 0 Å². The molecule has 4 nitrogen and oxygen atoms in total. The zero-order valence-electron chi connectivity index (χ0n) is 19.3. The fraction of sp³-hybridized carbons (Fsp3) is 0.464.